The molecule has 6 nitrogen and oxygen atoms in total. The Labute approximate surface area is 130 Å². The lowest BCUT2D eigenvalue weighted by atomic mass is 9.97. The third-order valence-corrected chi connectivity index (χ3v) is 3.50. The maximum Gasteiger partial charge on any atom is 0.410 e. The van der Waals surface area contributed by atoms with Crippen LogP contribution in [0.4, 0.5) is 4.79 Å². The molecule has 1 amide bonds. The van der Waals surface area contributed by atoms with Crippen molar-refractivity contribution in [1.82, 2.24) is 9.88 Å². The van der Waals surface area contributed by atoms with Crippen LogP contribution in [0.5, 0.6) is 0 Å². The Hall–Kier alpha value is -2.11. The third kappa shape index (κ3) is 3.75. The molecule has 0 bridgehead atoms. The number of carbonyl (C=O) groups excluding carboxylic acids is 2. The number of esters is 1. The van der Waals surface area contributed by atoms with Gasteiger partial charge in [0.05, 0.1) is 7.11 Å². The van der Waals surface area contributed by atoms with E-state index in [9.17, 15) is 9.59 Å². The van der Waals surface area contributed by atoms with Crippen LogP contribution in [-0.4, -0.2) is 47.7 Å². The van der Waals surface area contributed by atoms with E-state index in [-0.39, 0.29) is 12.0 Å². The zero-order valence-corrected chi connectivity index (χ0v) is 13.5. The van der Waals surface area contributed by atoms with Gasteiger partial charge >= 0.3 is 12.1 Å². The van der Waals surface area contributed by atoms with E-state index in [1.807, 2.05) is 26.8 Å². The first-order valence-electron chi connectivity index (χ1n) is 7.33. The van der Waals surface area contributed by atoms with Gasteiger partial charge in [-0.05, 0) is 38.8 Å². The molecule has 1 saturated heterocycles. The summed E-state index contributed by atoms with van der Waals surface area (Å²) in [4.78, 5) is 29.7. The number of nitrogens with zero attached hydrogens (tertiary/aromatic N) is 2. The lowest BCUT2D eigenvalue weighted by molar-refractivity contribution is 0.0292. The standard InChI is InChI=1S/C16H22N2O4/c1-16(2,3)22-15(20)18-9-7-11(10-18)12-6-5-8-17-13(12)14(19)21-4/h5-6,8,11H,7,9-10H2,1-4H3. The van der Waals surface area contributed by atoms with Crippen LogP contribution in [0.1, 0.15) is 49.2 Å². The Balaban J connectivity index is 2.11. The van der Waals surface area contributed by atoms with Crippen LogP contribution in [-0.2, 0) is 9.47 Å². The van der Waals surface area contributed by atoms with Gasteiger partial charge in [0.15, 0.2) is 5.69 Å². The minimum absolute atomic E-state index is 0.0651. The van der Waals surface area contributed by atoms with Crippen LogP contribution in [0.3, 0.4) is 0 Å². The van der Waals surface area contributed by atoms with E-state index < -0.39 is 11.6 Å². The smallest absolute Gasteiger partial charge is 0.410 e. The number of rotatable bonds is 2. The molecule has 1 aromatic rings. The van der Waals surface area contributed by atoms with Gasteiger partial charge in [0.25, 0.3) is 0 Å². The average Bonchev–Trinajstić information content (AvgIpc) is 2.94. The van der Waals surface area contributed by atoms with Crippen molar-refractivity contribution in [3.05, 3.63) is 29.6 Å². The number of hydrogen-bond acceptors (Lipinski definition) is 5. The van der Waals surface area contributed by atoms with Crippen molar-refractivity contribution in [1.29, 1.82) is 0 Å². The van der Waals surface area contributed by atoms with Gasteiger partial charge in [0.1, 0.15) is 5.60 Å². The molecular weight excluding hydrogens is 284 g/mol. The second-order valence-electron chi connectivity index (χ2n) is 6.34. The first-order valence-corrected chi connectivity index (χ1v) is 7.33. The fraction of sp³-hybridized carbons (Fsp3) is 0.562. The first kappa shape index (κ1) is 16.3. The number of amides is 1. The third-order valence-electron chi connectivity index (χ3n) is 3.50. The Morgan fingerprint density at radius 2 is 2.09 bits per heavy atom. The number of likely N-dealkylation sites (tertiary alicyclic amines) is 1. The molecular formula is C16H22N2O4. The number of ether oxygens (including phenoxy) is 2. The van der Waals surface area contributed by atoms with Crippen LogP contribution in [0.15, 0.2) is 18.3 Å². The van der Waals surface area contributed by atoms with E-state index in [1.165, 1.54) is 7.11 Å². The Morgan fingerprint density at radius 3 is 2.73 bits per heavy atom. The van der Waals surface area contributed by atoms with Crippen LogP contribution in [0.25, 0.3) is 0 Å². The summed E-state index contributed by atoms with van der Waals surface area (Å²) < 4.78 is 10.2. The van der Waals surface area contributed by atoms with Crippen LogP contribution in [0.2, 0.25) is 0 Å². The van der Waals surface area contributed by atoms with Gasteiger partial charge in [-0.3, -0.25) is 0 Å². The first-order chi connectivity index (χ1) is 10.3. The number of methoxy groups -OCH3 is 1. The van der Waals surface area contributed by atoms with Crippen molar-refractivity contribution >= 4 is 12.1 Å². The molecule has 120 valence electrons. The van der Waals surface area contributed by atoms with Crippen LogP contribution in [0, 0.1) is 0 Å². The van der Waals surface area contributed by atoms with Crippen molar-refractivity contribution in [2.24, 2.45) is 0 Å². The van der Waals surface area contributed by atoms with Gasteiger partial charge in [-0.1, -0.05) is 6.07 Å². The van der Waals surface area contributed by atoms with E-state index in [0.717, 1.165) is 12.0 Å². The number of pyridine rings is 1. The highest BCUT2D eigenvalue weighted by atomic mass is 16.6. The van der Waals surface area contributed by atoms with Crippen molar-refractivity contribution in [3.8, 4) is 0 Å². The van der Waals surface area contributed by atoms with E-state index in [1.54, 1.807) is 17.2 Å². The maximum absolute atomic E-state index is 12.1. The molecule has 1 fully saturated rings. The molecule has 1 aliphatic rings. The van der Waals surface area contributed by atoms with Gasteiger partial charge in [0.2, 0.25) is 0 Å². The predicted octanol–water partition coefficient (Wildman–Crippen LogP) is 2.59. The highest BCUT2D eigenvalue weighted by Gasteiger charge is 2.32. The predicted molar refractivity (Wildman–Crippen MR) is 80.7 cm³/mol. The molecule has 1 aliphatic heterocycles. The second kappa shape index (κ2) is 6.34. The summed E-state index contributed by atoms with van der Waals surface area (Å²) >= 11 is 0. The van der Waals surface area contributed by atoms with E-state index >= 15 is 0 Å². The second-order valence-corrected chi connectivity index (χ2v) is 6.34. The molecule has 1 atom stereocenters. The zero-order chi connectivity index (χ0) is 16.3. The highest BCUT2D eigenvalue weighted by molar-refractivity contribution is 5.89. The fourth-order valence-electron chi connectivity index (χ4n) is 2.52. The summed E-state index contributed by atoms with van der Waals surface area (Å²) in [5, 5.41) is 0. The molecule has 1 unspecified atom stereocenters. The summed E-state index contributed by atoms with van der Waals surface area (Å²) in [6.07, 6.45) is 2.02. The van der Waals surface area contributed by atoms with Gasteiger partial charge in [0, 0.05) is 25.2 Å². The topological polar surface area (TPSA) is 68.7 Å². The summed E-state index contributed by atoms with van der Waals surface area (Å²) in [7, 11) is 1.34. The molecule has 6 heteroatoms. The molecule has 0 N–H and O–H groups in total. The molecule has 2 rings (SSSR count). The number of carbonyl (C=O) groups is 2. The largest absolute Gasteiger partial charge is 0.464 e. The van der Waals surface area contributed by atoms with E-state index in [0.29, 0.717) is 18.8 Å². The number of aromatic nitrogens is 1. The SMILES string of the molecule is COC(=O)c1ncccc1C1CCN(C(=O)OC(C)(C)C)C1. The summed E-state index contributed by atoms with van der Waals surface area (Å²) in [6, 6.07) is 3.65. The molecule has 1 aromatic heterocycles. The molecule has 0 spiro atoms. The monoisotopic (exact) mass is 306 g/mol. The Kier molecular flexibility index (Phi) is 4.68. The normalized spacial score (nSPS) is 18.2. The zero-order valence-electron chi connectivity index (χ0n) is 13.5. The lowest BCUT2D eigenvalue weighted by Crippen LogP contribution is -2.35. The molecule has 2 heterocycles. The minimum Gasteiger partial charge on any atom is -0.464 e. The Bertz CT molecular complexity index is 566. The van der Waals surface area contributed by atoms with Crippen molar-refractivity contribution in [3.63, 3.8) is 0 Å². The van der Waals surface area contributed by atoms with Gasteiger partial charge in [-0.25, -0.2) is 14.6 Å². The molecule has 0 aliphatic carbocycles. The molecule has 0 radical (unpaired) electrons. The number of hydrogen-bond donors (Lipinski definition) is 0. The fourth-order valence-corrected chi connectivity index (χ4v) is 2.52. The lowest BCUT2D eigenvalue weighted by Gasteiger charge is -2.24. The quantitative estimate of drug-likeness (QED) is 0.786. The van der Waals surface area contributed by atoms with Crippen molar-refractivity contribution in [2.45, 2.75) is 38.7 Å². The average molecular weight is 306 g/mol. The molecule has 0 saturated carbocycles. The summed E-state index contributed by atoms with van der Waals surface area (Å²) in [6.45, 7) is 6.65. The van der Waals surface area contributed by atoms with Crippen LogP contribution >= 0.6 is 0 Å². The van der Waals surface area contributed by atoms with Crippen LogP contribution < -0.4 is 0 Å². The van der Waals surface area contributed by atoms with E-state index in [2.05, 4.69) is 4.98 Å². The molecule has 0 aromatic carbocycles. The summed E-state index contributed by atoms with van der Waals surface area (Å²) in [5.41, 5.74) is 0.627. The maximum atomic E-state index is 12.1. The van der Waals surface area contributed by atoms with Gasteiger partial charge in [-0.2, -0.15) is 0 Å². The van der Waals surface area contributed by atoms with Crippen molar-refractivity contribution < 1.29 is 19.1 Å². The minimum atomic E-state index is -0.513. The molecule has 22 heavy (non-hydrogen) atoms. The Morgan fingerprint density at radius 1 is 1.36 bits per heavy atom. The van der Waals surface area contributed by atoms with Gasteiger partial charge in [-0.15, -0.1) is 0 Å². The highest BCUT2D eigenvalue weighted by Crippen LogP contribution is 2.30. The van der Waals surface area contributed by atoms with Crippen molar-refractivity contribution in [2.75, 3.05) is 20.2 Å². The summed E-state index contributed by atoms with van der Waals surface area (Å²) in [5.74, 6) is -0.387. The van der Waals surface area contributed by atoms with Gasteiger partial charge < -0.3 is 14.4 Å². The van der Waals surface area contributed by atoms with E-state index in [4.69, 9.17) is 9.47 Å².